The van der Waals surface area contributed by atoms with Crippen LogP contribution in [0.15, 0.2) is 9.95 Å². The lowest BCUT2D eigenvalue weighted by atomic mass is 10.1. The fraction of sp³-hybridized carbons (Fsp3) is 0.833. The molecular weight excluding hydrogens is 248 g/mol. The van der Waals surface area contributed by atoms with Gasteiger partial charge in [0.25, 0.3) is 0 Å². The summed E-state index contributed by atoms with van der Waals surface area (Å²) in [6.45, 7) is 4.28. The van der Waals surface area contributed by atoms with Crippen molar-refractivity contribution in [1.82, 2.24) is 14.8 Å². The number of H-pyrrole nitrogens is 1. The molecule has 1 fully saturated rings. The lowest BCUT2D eigenvalue weighted by Crippen LogP contribution is -2.32. The number of aromatic amines is 1. The van der Waals surface area contributed by atoms with Gasteiger partial charge in [-0.15, -0.1) is 5.10 Å². The van der Waals surface area contributed by atoms with Crippen molar-refractivity contribution in [1.29, 1.82) is 0 Å². The summed E-state index contributed by atoms with van der Waals surface area (Å²) in [7, 11) is 0. The molecule has 2 atom stereocenters. The van der Waals surface area contributed by atoms with Gasteiger partial charge >= 0.3 is 5.69 Å². The molecule has 1 aliphatic carbocycles. The first-order valence-corrected chi connectivity index (χ1v) is 7.64. The summed E-state index contributed by atoms with van der Waals surface area (Å²) < 4.78 is 1.80. The average Bonchev–Trinajstić information content (AvgIpc) is 3.11. The summed E-state index contributed by atoms with van der Waals surface area (Å²) in [4.78, 5) is 11.7. The van der Waals surface area contributed by atoms with Crippen LogP contribution in [-0.4, -0.2) is 26.1 Å². The highest BCUT2D eigenvalue weighted by Crippen LogP contribution is 2.37. The Hall–Kier alpha value is -0.750. The molecule has 0 spiro atoms. The third kappa shape index (κ3) is 2.98. The van der Waals surface area contributed by atoms with Crippen molar-refractivity contribution < 1.29 is 0 Å². The Bertz CT molecular complexity index is 438. The number of aromatic nitrogens is 3. The van der Waals surface area contributed by atoms with Gasteiger partial charge in [0, 0.05) is 17.3 Å². The highest BCUT2D eigenvalue weighted by atomic mass is 32.2. The van der Waals surface area contributed by atoms with Gasteiger partial charge in [-0.1, -0.05) is 32.0 Å². The van der Waals surface area contributed by atoms with Crippen LogP contribution in [0, 0.1) is 0 Å². The normalized spacial score (nSPS) is 18.8. The van der Waals surface area contributed by atoms with Crippen LogP contribution in [0.2, 0.25) is 0 Å². The molecule has 3 N–H and O–H groups in total. The van der Waals surface area contributed by atoms with E-state index in [2.05, 4.69) is 24.0 Å². The number of nitrogens with two attached hydrogens (primary N) is 1. The third-order valence-corrected chi connectivity index (χ3v) is 4.83. The predicted molar refractivity (Wildman–Crippen MR) is 73.9 cm³/mol. The largest absolute Gasteiger partial charge is 0.344 e. The summed E-state index contributed by atoms with van der Waals surface area (Å²) in [6, 6.07) is 0.531. The molecule has 1 aliphatic rings. The van der Waals surface area contributed by atoms with Gasteiger partial charge in [0.1, 0.15) is 0 Å². The zero-order chi connectivity index (χ0) is 13.1. The van der Waals surface area contributed by atoms with Gasteiger partial charge < -0.3 is 5.73 Å². The number of hydrogen-bond acceptors (Lipinski definition) is 4. The smallest absolute Gasteiger partial charge is 0.327 e. The number of rotatable bonds is 7. The van der Waals surface area contributed by atoms with Crippen molar-refractivity contribution in [3.8, 4) is 0 Å². The van der Waals surface area contributed by atoms with Gasteiger partial charge in [-0.2, -0.15) is 0 Å². The lowest BCUT2D eigenvalue weighted by Gasteiger charge is -2.21. The Morgan fingerprint density at radius 1 is 1.56 bits per heavy atom. The molecule has 2 unspecified atom stereocenters. The summed E-state index contributed by atoms with van der Waals surface area (Å²) in [5, 5.41) is 7.83. The molecule has 0 aliphatic heterocycles. The zero-order valence-electron chi connectivity index (χ0n) is 11.1. The Morgan fingerprint density at radius 3 is 2.83 bits per heavy atom. The lowest BCUT2D eigenvalue weighted by molar-refractivity contribution is 0.562. The molecule has 5 nitrogen and oxygen atoms in total. The molecule has 0 bridgehead atoms. The van der Waals surface area contributed by atoms with Crippen molar-refractivity contribution in [2.24, 2.45) is 5.73 Å². The number of thioether (sulfide) groups is 1. The average molecular weight is 270 g/mol. The molecule has 6 heteroatoms. The van der Waals surface area contributed by atoms with Gasteiger partial charge in [-0.3, -0.25) is 4.57 Å². The second-order valence-electron chi connectivity index (χ2n) is 4.93. The minimum atomic E-state index is -0.0843. The maximum absolute atomic E-state index is 11.7. The SMILES string of the molecule is CCCC(N)C(CC)Sc1n[nH]c(=O)n1C1CC1. The second-order valence-corrected chi connectivity index (χ2v) is 6.14. The minimum absolute atomic E-state index is 0.0843. The van der Waals surface area contributed by atoms with E-state index < -0.39 is 0 Å². The Balaban J connectivity index is 2.09. The van der Waals surface area contributed by atoms with Gasteiger partial charge in [0.05, 0.1) is 0 Å². The maximum atomic E-state index is 11.7. The summed E-state index contributed by atoms with van der Waals surface area (Å²) in [5.41, 5.74) is 6.10. The summed E-state index contributed by atoms with van der Waals surface area (Å²) in [6.07, 6.45) is 5.28. The van der Waals surface area contributed by atoms with Crippen molar-refractivity contribution in [2.45, 2.75) is 68.4 Å². The van der Waals surface area contributed by atoms with E-state index >= 15 is 0 Å². The first-order valence-electron chi connectivity index (χ1n) is 6.76. The standard InChI is InChI=1S/C12H22N4OS/c1-3-5-9(13)10(4-2)18-12-15-14-11(17)16(12)8-6-7-8/h8-10H,3-7,13H2,1-2H3,(H,14,17). The number of nitrogens with zero attached hydrogens (tertiary/aromatic N) is 2. The topological polar surface area (TPSA) is 76.7 Å². The van der Waals surface area contributed by atoms with Crippen LogP contribution < -0.4 is 11.4 Å². The fourth-order valence-electron chi connectivity index (χ4n) is 2.16. The molecule has 1 heterocycles. The van der Waals surface area contributed by atoms with Gasteiger partial charge in [0.15, 0.2) is 5.16 Å². The Kier molecular flexibility index (Phi) is 4.50. The van der Waals surface area contributed by atoms with Crippen LogP contribution in [0.5, 0.6) is 0 Å². The second kappa shape index (κ2) is 5.93. The van der Waals surface area contributed by atoms with Crippen LogP contribution in [0.3, 0.4) is 0 Å². The monoisotopic (exact) mass is 270 g/mol. The molecule has 0 radical (unpaired) electrons. The molecule has 1 aromatic heterocycles. The fourth-order valence-corrected chi connectivity index (χ4v) is 3.35. The van der Waals surface area contributed by atoms with Crippen molar-refractivity contribution in [2.75, 3.05) is 0 Å². The molecule has 0 aromatic carbocycles. The molecule has 1 saturated carbocycles. The zero-order valence-corrected chi connectivity index (χ0v) is 11.9. The Morgan fingerprint density at radius 2 is 2.28 bits per heavy atom. The van der Waals surface area contributed by atoms with E-state index in [9.17, 15) is 4.79 Å². The highest BCUT2D eigenvalue weighted by molar-refractivity contribution is 7.99. The van der Waals surface area contributed by atoms with E-state index in [1.54, 1.807) is 16.3 Å². The molecule has 1 aromatic rings. The molecule has 0 saturated heterocycles. The summed E-state index contributed by atoms with van der Waals surface area (Å²) in [5.74, 6) is 0. The minimum Gasteiger partial charge on any atom is -0.327 e. The quantitative estimate of drug-likeness (QED) is 0.742. The molecule has 0 amide bonds. The molecular formula is C12H22N4OS. The van der Waals surface area contributed by atoms with E-state index in [0.717, 1.165) is 37.3 Å². The first-order chi connectivity index (χ1) is 8.67. The van der Waals surface area contributed by atoms with E-state index in [1.165, 1.54) is 0 Å². The van der Waals surface area contributed by atoms with Crippen LogP contribution in [-0.2, 0) is 0 Å². The van der Waals surface area contributed by atoms with Crippen molar-refractivity contribution in [3.05, 3.63) is 10.5 Å². The Labute approximate surface area is 112 Å². The maximum Gasteiger partial charge on any atom is 0.344 e. The van der Waals surface area contributed by atoms with Gasteiger partial charge in [-0.05, 0) is 25.7 Å². The van der Waals surface area contributed by atoms with E-state index in [1.807, 2.05) is 0 Å². The van der Waals surface area contributed by atoms with E-state index in [-0.39, 0.29) is 11.7 Å². The molecule has 2 rings (SSSR count). The van der Waals surface area contributed by atoms with Crippen molar-refractivity contribution in [3.63, 3.8) is 0 Å². The third-order valence-electron chi connectivity index (χ3n) is 3.34. The van der Waals surface area contributed by atoms with Crippen LogP contribution in [0.25, 0.3) is 0 Å². The van der Waals surface area contributed by atoms with E-state index in [4.69, 9.17) is 5.73 Å². The molecule has 102 valence electrons. The van der Waals surface area contributed by atoms with Crippen molar-refractivity contribution >= 4 is 11.8 Å². The summed E-state index contributed by atoms with van der Waals surface area (Å²) >= 11 is 1.65. The molecule has 18 heavy (non-hydrogen) atoms. The number of nitrogens with one attached hydrogen (secondary N) is 1. The van der Waals surface area contributed by atoms with Crippen LogP contribution in [0.1, 0.15) is 52.0 Å². The predicted octanol–water partition coefficient (Wildman–Crippen LogP) is 1.90. The van der Waals surface area contributed by atoms with E-state index in [0.29, 0.717) is 11.3 Å². The first kappa shape index (κ1) is 13.7. The number of hydrogen-bond donors (Lipinski definition) is 2. The van der Waals surface area contributed by atoms with Crippen LogP contribution >= 0.6 is 11.8 Å². The van der Waals surface area contributed by atoms with Gasteiger partial charge in [-0.25, -0.2) is 9.89 Å². The highest BCUT2D eigenvalue weighted by Gasteiger charge is 2.30. The van der Waals surface area contributed by atoms with Crippen LogP contribution in [0.4, 0.5) is 0 Å². The van der Waals surface area contributed by atoms with Gasteiger partial charge in [0.2, 0.25) is 0 Å².